The minimum absolute atomic E-state index is 0.117. The zero-order valence-electron chi connectivity index (χ0n) is 13.9. The lowest BCUT2D eigenvalue weighted by atomic mass is 10.2. The van der Waals surface area contributed by atoms with Gasteiger partial charge in [-0.15, -0.1) is 11.3 Å². The summed E-state index contributed by atoms with van der Waals surface area (Å²) in [6.45, 7) is 6.10. The number of nitrogens with zero attached hydrogens (tertiary/aromatic N) is 3. The fraction of sp³-hybridized carbons (Fsp3) is 0.235. The molecule has 0 atom stereocenters. The van der Waals surface area contributed by atoms with Gasteiger partial charge in [0.25, 0.3) is 5.91 Å². The molecule has 0 radical (unpaired) electrons. The lowest BCUT2D eigenvalue weighted by Gasteiger charge is -2.16. The molecule has 0 fully saturated rings. The van der Waals surface area contributed by atoms with Crippen molar-refractivity contribution in [1.29, 1.82) is 0 Å². The van der Waals surface area contributed by atoms with Crippen LogP contribution in [0.25, 0.3) is 20.4 Å². The van der Waals surface area contributed by atoms with E-state index < -0.39 is 0 Å². The molecule has 3 heterocycles. The summed E-state index contributed by atoms with van der Waals surface area (Å²) in [5.74, 6) is -0.117. The molecule has 25 heavy (non-hydrogen) atoms. The van der Waals surface area contributed by atoms with E-state index in [2.05, 4.69) is 39.2 Å². The third-order valence-corrected chi connectivity index (χ3v) is 6.29. The molecule has 6 nitrogen and oxygen atoms in total. The number of hydrogen-bond acceptors (Lipinski definition) is 6. The van der Waals surface area contributed by atoms with Crippen molar-refractivity contribution in [1.82, 2.24) is 15.2 Å². The molecule has 0 spiro atoms. The Balaban J connectivity index is 1.60. The summed E-state index contributed by atoms with van der Waals surface area (Å²) in [6, 6.07) is 7.62. The van der Waals surface area contributed by atoms with E-state index in [1.807, 2.05) is 24.3 Å². The van der Waals surface area contributed by atoms with Gasteiger partial charge in [-0.05, 0) is 32.0 Å². The number of benzene rings is 1. The van der Waals surface area contributed by atoms with Gasteiger partial charge in [0, 0.05) is 18.5 Å². The molecule has 2 N–H and O–H groups in total. The fourth-order valence-electron chi connectivity index (χ4n) is 2.73. The maximum atomic E-state index is 12.6. The first kappa shape index (κ1) is 16.0. The molecule has 0 bridgehead atoms. The lowest BCUT2D eigenvalue weighted by Crippen LogP contribution is -2.21. The highest BCUT2D eigenvalue weighted by atomic mass is 32.1. The van der Waals surface area contributed by atoms with E-state index in [0.717, 1.165) is 44.3 Å². The zero-order chi connectivity index (χ0) is 17.4. The first-order valence-corrected chi connectivity index (χ1v) is 9.71. The van der Waals surface area contributed by atoms with Crippen molar-refractivity contribution in [3.8, 4) is 0 Å². The Morgan fingerprint density at radius 2 is 2.12 bits per heavy atom. The first-order chi connectivity index (χ1) is 12.2. The van der Waals surface area contributed by atoms with Crippen LogP contribution in [-0.2, 0) is 0 Å². The lowest BCUT2D eigenvalue weighted by molar-refractivity contribution is 0.103. The molecule has 1 amide bonds. The average molecular weight is 371 g/mol. The number of thiophene rings is 1. The molecule has 3 aromatic heterocycles. The molecule has 0 aliphatic carbocycles. The number of hydrogen-bond donors (Lipinski definition) is 2. The summed E-state index contributed by atoms with van der Waals surface area (Å²) in [4.78, 5) is 21.1. The van der Waals surface area contributed by atoms with Crippen molar-refractivity contribution in [3.63, 3.8) is 0 Å². The SMILES string of the molecule is CCN(CC)c1nc2sc(C(=O)Nc3cccc4[nH]ncc34)cc2s1. The second-order valence-electron chi connectivity index (χ2n) is 5.54. The summed E-state index contributed by atoms with van der Waals surface area (Å²) in [5.41, 5.74) is 1.65. The van der Waals surface area contributed by atoms with Crippen molar-refractivity contribution < 1.29 is 4.79 Å². The van der Waals surface area contributed by atoms with Crippen LogP contribution in [0.15, 0.2) is 30.5 Å². The van der Waals surface area contributed by atoms with E-state index in [0.29, 0.717) is 4.88 Å². The van der Waals surface area contributed by atoms with Gasteiger partial charge in [-0.2, -0.15) is 5.10 Å². The van der Waals surface area contributed by atoms with Crippen LogP contribution in [0.3, 0.4) is 0 Å². The van der Waals surface area contributed by atoms with Crippen LogP contribution in [0.4, 0.5) is 10.8 Å². The maximum Gasteiger partial charge on any atom is 0.265 e. The Hall–Kier alpha value is -2.45. The van der Waals surface area contributed by atoms with E-state index in [-0.39, 0.29) is 5.91 Å². The monoisotopic (exact) mass is 371 g/mol. The summed E-state index contributed by atoms with van der Waals surface area (Å²) >= 11 is 3.06. The van der Waals surface area contributed by atoms with Gasteiger partial charge in [0.05, 0.1) is 27.0 Å². The number of carbonyl (C=O) groups is 1. The van der Waals surface area contributed by atoms with Crippen molar-refractivity contribution >= 4 is 59.8 Å². The van der Waals surface area contributed by atoms with Crippen molar-refractivity contribution in [2.75, 3.05) is 23.3 Å². The summed E-state index contributed by atoms with van der Waals surface area (Å²) in [6.07, 6.45) is 1.72. The Kier molecular flexibility index (Phi) is 4.14. The standard InChI is InChI=1S/C17H17N5OS2/c1-3-22(4-2)17-20-16-14(25-17)8-13(24-16)15(23)19-11-6-5-7-12-10(11)9-18-21-12/h5-9H,3-4H2,1-2H3,(H,18,21)(H,19,23). The summed E-state index contributed by atoms with van der Waals surface area (Å²) < 4.78 is 1.05. The van der Waals surface area contributed by atoms with Crippen molar-refractivity contribution in [3.05, 3.63) is 35.3 Å². The normalized spacial score (nSPS) is 11.3. The number of fused-ring (bicyclic) bond motifs is 2. The summed E-state index contributed by atoms with van der Waals surface area (Å²) in [5, 5.41) is 11.8. The number of carbonyl (C=O) groups excluding carboxylic acids is 1. The third kappa shape index (κ3) is 2.87. The van der Waals surface area contributed by atoms with E-state index >= 15 is 0 Å². The highest BCUT2D eigenvalue weighted by molar-refractivity contribution is 7.29. The van der Waals surface area contributed by atoms with Crippen LogP contribution in [0.5, 0.6) is 0 Å². The number of rotatable bonds is 5. The molecule has 4 rings (SSSR count). The van der Waals surface area contributed by atoms with Crippen LogP contribution in [0.2, 0.25) is 0 Å². The van der Waals surface area contributed by atoms with E-state index in [1.165, 1.54) is 11.3 Å². The molecule has 0 unspecified atom stereocenters. The van der Waals surface area contributed by atoms with E-state index in [4.69, 9.17) is 0 Å². The first-order valence-electron chi connectivity index (χ1n) is 8.08. The minimum atomic E-state index is -0.117. The van der Waals surface area contributed by atoms with E-state index in [9.17, 15) is 4.79 Å². The number of aromatic nitrogens is 3. The van der Waals surface area contributed by atoms with Gasteiger partial charge < -0.3 is 10.2 Å². The second-order valence-corrected chi connectivity index (χ2v) is 7.58. The molecule has 0 saturated heterocycles. The van der Waals surface area contributed by atoms with Crippen LogP contribution in [0.1, 0.15) is 23.5 Å². The molecule has 0 aliphatic rings. The third-order valence-electron chi connectivity index (χ3n) is 4.07. The molecule has 8 heteroatoms. The zero-order valence-corrected chi connectivity index (χ0v) is 15.5. The second kappa shape index (κ2) is 6.45. The van der Waals surface area contributed by atoms with E-state index in [1.54, 1.807) is 17.5 Å². The molecule has 1 aromatic carbocycles. The van der Waals surface area contributed by atoms with Gasteiger partial charge in [0.1, 0.15) is 4.83 Å². The molecule has 0 saturated carbocycles. The average Bonchev–Trinajstić information content (AvgIpc) is 3.30. The maximum absolute atomic E-state index is 12.6. The topological polar surface area (TPSA) is 73.9 Å². The van der Waals surface area contributed by atoms with Gasteiger partial charge >= 0.3 is 0 Å². The predicted molar refractivity (Wildman–Crippen MR) is 105 cm³/mol. The highest BCUT2D eigenvalue weighted by Crippen LogP contribution is 2.35. The molecular weight excluding hydrogens is 354 g/mol. The summed E-state index contributed by atoms with van der Waals surface area (Å²) in [7, 11) is 0. The van der Waals surface area contributed by atoms with Crippen LogP contribution < -0.4 is 10.2 Å². The quantitative estimate of drug-likeness (QED) is 0.547. The van der Waals surface area contributed by atoms with Gasteiger partial charge in [0.15, 0.2) is 5.13 Å². The molecule has 128 valence electrons. The van der Waals surface area contributed by atoms with Gasteiger partial charge in [0.2, 0.25) is 0 Å². The molecule has 0 aliphatic heterocycles. The Morgan fingerprint density at radius 3 is 2.88 bits per heavy atom. The van der Waals surface area contributed by atoms with Crippen LogP contribution in [-0.4, -0.2) is 34.2 Å². The largest absolute Gasteiger partial charge is 0.349 e. The smallest absolute Gasteiger partial charge is 0.265 e. The van der Waals surface area contributed by atoms with Gasteiger partial charge in [-0.25, -0.2) is 4.98 Å². The van der Waals surface area contributed by atoms with Crippen molar-refractivity contribution in [2.45, 2.75) is 13.8 Å². The Labute approximate surface area is 152 Å². The van der Waals surface area contributed by atoms with Gasteiger partial charge in [-0.1, -0.05) is 17.4 Å². The number of anilines is 2. The van der Waals surface area contributed by atoms with Gasteiger partial charge in [-0.3, -0.25) is 9.89 Å². The van der Waals surface area contributed by atoms with Crippen LogP contribution >= 0.6 is 22.7 Å². The number of aromatic amines is 1. The van der Waals surface area contributed by atoms with Crippen molar-refractivity contribution in [2.24, 2.45) is 0 Å². The fourth-order valence-corrected chi connectivity index (χ4v) is 4.96. The Morgan fingerprint density at radius 1 is 1.28 bits per heavy atom. The van der Waals surface area contributed by atoms with Crippen LogP contribution in [0, 0.1) is 0 Å². The predicted octanol–water partition coefficient (Wildman–Crippen LogP) is 4.33. The number of amides is 1. The minimum Gasteiger partial charge on any atom is -0.349 e. The molecular formula is C17H17N5OS2. The highest BCUT2D eigenvalue weighted by Gasteiger charge is 2.17. The number of H-pyrrole nitrogens is 1. The number of nitrogens with one attached hydrogen (secondary N) is 2. The Bertz CT molecular complexity index is 1010. The number of thiazole rings is 1. The molecule has 4 aromatic rings.